The van der Waals surface area contributed by atoms with Crippen molar-refractivity contribution in [2.45, 2.75) is 6.42 Å². The van der Waals surface area contributed by atoms with Crippen LogP contribution < -0.4 is 0 Å². The van der Waals surface area contributed by atoms with E-state index >= 15 is 0 Å². The van der Waals surface area contributed by atoms with Crippen LogP contribution in [0.5, 0.6) is 0 Å². The molecule has 54 valence electrons. The van der Waals surface area contributed by atoms with E-state index in [1.807, 2.05) is 0 Å². The van der Waals surface area contributed by atoms with E-state index in [4.69, 9.17) is 0 Å². The zero-order chi connectivity index (χ0) is 7.56. The highest BCUT2D eigenvalue weighted by Gasteiger charge is 2.15. The quantitative estimate of drug-likeness (QED) is 0.602. The molecule has 0 radical (unpaired) electrons. The van der Waals surface area contributed by atoms with Crippen molar-refractivity contribution in [3.8, 4) is 0 Å². The Morgan fingerprint density at radius 3 is 3.00 bits per heavy atom. The molecule has 1 aliphatic heterocycles. The summed E-state index contributed by atoms with van der Waals surface area (Å²) in [7, 11) is 1.34. The zero-order valence-corrected chi connectivity index (χ0v) is 7.01. The number of halogens is 1. The molecule has 10 heavy (non-hydrogen) atoms. The molecule has 1 aliphatic rings. The molecule has 0 aromatic rings. The SMILES string of the molecule is COC(=O)C1=NC=C(Br)C1. The van der Waals surface area contributed by atoms with Gasteiger partial charge in [-0.25, -0.2) is 4.79 Å². The lowest BCUT2D eigenvalue weighted by atomic mass is 10.3. The molecule has 0 aliphatic carbocycles. The molecular weight excluding hydrogens is 198 g/mol. The van der Waals surface area contributed by atoms with Crippen molar-refractivity contribution in [3.63, 3.8) is 0 Å². The Balaban J connectivity index is 2.57. The monoisotopic (exact) mass is 203 g/mol. The van der Waals surface area contributed by atoms with Crippen molar-refractivity contribution >= 4 is 27.6 Å². The number of rotatable bonds is 1. The van der Waals surface area contributed by atoms with Crippen LogP contribution in [0, 0.1) is 0 Å². The van der Waals surface area contributed by atoms with Gasteiger partial charge >= 0.3 is 5.97 Å². The summed E-state index contributed by atoms with van der Waals surface area (Å²) in [6, 6.07) is 0. The highest BCUT2D eigenvalue weighted by molar-refractivity contribution is 9.11. The van der Waals surface area contributed by atoms with Gasteiger partial charge in [-0.05, 0) is 0 Å². The molecule has 0 fully saturated rings. The fourth-order valence-corrected chi connectivity index (χ4v) is 1.01. The molecule has 0 aromatic heterocycles. The minimum atomic E-state index is -0.356. The summed E-state index contributed by atoms with van der Waals surface area (Å²) in [5, 5.41) is 0. The highest BCUT2D eigenvalue weighted by Crippen LogP contribution is 2.17. The Hall–Kier alpha value is -0.640. The average Bonchev–Trinajstić information content (AvgIpc) is 2.34. The van der Waals surface area contributed by atoms with Gasteiger partial charge in [0.25, 0.3) is 0 Å². The van der Waals surface area contributed by atoms with Crippen molar-refractivity contribution in [1.29, 1.82) is 0 Å². The predicted octanol–water partition coefficient (Wildman–Crippen LogP) is 1.24. The van der Waals surface area contributed by atoms with Crippen LogP contribution in [0.4, 0.5) is 0 Å². The summed E-state index contributed by atoms with van der Waals surface area (Å²) in [5.41, 5.74) is 0.453. The van der Waals surface area contributed by atoms with Crippen molar-refractivity contribution in [2.75, 3.05) is 7.11 Å². The molecule has 0 amide bonds. The van der Waals surface area contributed by atoms with E-state index < -0.39 is 0 Å². The van der Waals surface area contributed by atoms with Crippen LogP contribution in [-0.2, 0) is 9.53 Å². The molecule has 1 heterocycles. The number of hydrogen-bond acceptors (Lipinski definition) is 3. The predicted molar refractivity (Wildman–Crippen MR) is 41.1 cm³/mol. The van der Waals surface area contributed by atoms with Crippen molar-refractivity contribution < 1.29 is 9.53 Å². The Labute approximate surface area is 66.9 Å². The van der Waals surface area contributed by atoms with Crippen LogP contribution >= 0.6 is 15.9 Å². The third kappa shape index (κ3) is 1.44. The van der Waals surface area contributed by atoms with E-state index in [1.165, 1.54) is 7.11 Å². The minimum Gasteiger partial charge on any atom is -0.465 e. The first-order valence-corrected chi connectivity index (χ1v) is 3.53. The standard InChI is InChI=1S/C6H6BrNO2/c1-10-6(9)5-2-4(7)3-8-5/h3H,2H2,1H3. The number of esters is 1. The van der Waals surface area contributed by atoms with Crippen LogP contribution in [0.2, 0.25) is 0 Å². The van der Waals surface area contributed by atoms with E-state index in [0.717, 1.165) is 4.48 Å². The van der Waals surface area contributed by atoms with Crippen molar-refractivity contribution in [1.82, 2.24) is 0 Å². The summed E-state index contributed by atoms with van der Waals surface area (Å²) >= 11 is 3.21. The van der Waals surface area contributed by atoms with Gasteiger partial charge in [-0.15, -0.1) is 0 Å². The summed E-state index contributed by atoms with van der Waals surface area (Å²) in [6.45, 7) is 0. The van der Waals surface area contributed by atoms with Crippen LogP contribution in [0.15, 0.2) is 15.7 Å². The van der Waals surface area contributed by atoms with Gasteiger partial charge < -0.3 is 4.74 Å². The van der Waals surface area contributed by atoms with Crippen LogP contribution in [0.1, 0.15) is 6.42 Å². The van der Waals surface area contributed by atoms with Gasteiger partial charge in [0, 0.05) is 17.1 Å². The van der Waals surface area contributed by atoms with Crippen LogP contribution in [-0.4, -0.2) is 18.8 Å². The molecule has 0 aromatic carbocycles. The lowest BCUT2D eigenvalue weighted by Crippen LogP contribution is -2.13. The molecule has 3 nitrogen and oxygen atoms in total. The maximum absolute atomic E-state index is 10.8. The molecular formula is C6H6BrNO2. The molecule has 0 N–H and O–H groups in total. The number of nitrogens with zero attached hydrogens (tertiary/aromatic N) is 1. The second-order valence-electron chi connectivity index (χ2n) is 1.82. The lowest BCUT2D eigenvalue weighted by Gasteiger charge is -1.95. The Morgan fingerprint density at radius 2 is 2.60 bits per heavy atom. The van der Waals surface area contributed by atoms with Crippen LogP contribution in [0.25, 0.3) is 0 Å². The van der Waals surface area contributed by atoms with Crippen LogP contribution in [0.3, 0.4) is 0 Å². The second-order valence-corrected chi connectivity index (χ2v) is 2.84. The van der Waals surface area contributed by atoms with E-state index in [2.05, 4.69) is 25.7 Å². The minimum absolute atomic E-state index is 0.356. The molecule has 1 rings (SSSR count). The van der Waals surface area contributed by atoms with Gasteiger partial charge in [0.05, 0.1) is 7.11 Å². The molecule has 0 saturated carbocycles. The number of methoxy groups -OCH3 is 1. The van der Waals surface area contributed by atoms with E-state index in [9.17, 15) is 4.79 Å². The van der Waals surface area contributed by atoms with E-state index in [1.54, 1.807) is 6.20 Å². The Kier molecular flexibility index (Phi) is 2.21. The summed E-state index contributed by atoms with van der Waals surface area (Å²) in [6.07, 6.45) is 2.15. The molecule has 4 heteroatoms. The fourth-order valence-electron chi connectivity index (χ4n) is 0.642. The number of aliphatic imine (C=N–C) groups is 1. The zero-order valence-electron chi connectivity index (χ0n) is 5.43. The first-order chi connectivity index (χ1) is 4.74. The van der Waals surface area contributed by atoms with Crippen molar-refractivity contribution in [2.24, 2.45) is 4.99 Å². The maximum Gasteiger partial charge on any atom is 0.352 e. The van der Waals surface area contributed by atoms with E-state index in [0.29, 0.717) is 12.1 Å². The van der Waals surface area contributed by atoms with Gasteiger partial charge in [0.15, 0.2) is 0 Å². The number of allylic oxidation sites excluding steroid dienone is 1. The van der Waals surface area contributed by atoms with E-state index in [-0.39, 0.29) is 5.97 Å². The Morgan fingerprint density at radius 1 is 1.90 bits per heavy atom. The van der Waals surface area contributed by atoms with Gasteiger partial charge in [-0.3, -0.25) is 4.99 Å². The summed E-state index contributed by atoms with van der Waals surface area (Å²) in [5.74, 6) is -0.356. The van der Waals surface area contributed by atoms with Gasteiger partial charge in [0.1, 0.15) is 5.71 Å². The van der Waals surface area contributed by atoms with Crippen molar-refractivity contribution in [3.05, 3.63) is 10.7 Å². The Bertz CT molecular complexity index is 220. The highest BCUT2D eigenvalue weighted by atomic mass is 79.9. The first kappa shape index (κ1) is 7.47. The summed E-state index contributed by atoms with van der Waals surface area (Å²) in [4.78, 5) is 14.6. The van der Waals surface area contributed by atoms with Gasteiger partial charge in [-0.1, -0.05) is 15.9 Å². The van der Waals surface area contributed by atoms with Gasteiger partial charge in [-0.2, -0.15) is 0 Å². The first-order valence-electron chi connectivity index (χ1n) is 2.73. The normalized spacial score (nSPS) is 16.2. The summed E-state index contributed by atoms with van der Waals surface area (Å²) < 4.78 is 5.37. The smallest absolute Gasteiger partial charge is 0.352 e. The second kappa shape index (κ2) is 2.96. The number of hydrogen-bond donors (Lipinski definition) is 0. The molecule has 0 atom stereocenters. The number of ether oxygens (including phenoxy) is 1. The lowest BCUT2D eigenvalue weighted by molar-refractivity contribution is -0.132. The maximum atomic E-state index is 10.8. The molecule has 0 saturated heterocycles. The molecule has 0 unspecified atom stereocenters. The molecule has 0 bridgehead atoms. The largest absolute Gasteiger partial charge is 0.465 e. The third-order valence-corrected chi connectivity index (χ3v) is 1.60. The average molecular weight is 204 g/mol. The third-order valence-electron chi connectivity index (χ3n) is 1.12. The fraction of sp³-hybridized carbons (Fsp3) is 0.333. The number of carbonyl (C=O) groups excluding carboxylic acids is 1. The molecule has 0 spiro atoms. The number of carbonyl (C=O) groups is 1. The van der Waals surface area contributed by atoms with Gasteiger partial charge in [0.2, 0.25) is 0 Å². The topological polar surface area (TPSA) is 38.7 Å².